The van der Waals surface area contributed by atoms with E-state index in [-0.39, 0.29) is 5.91 Å². The van der Waals surface area contributed by atoms with Gasteiger partial charge in [0, 0.05) is 24.2 Å². The summed E-state index contributed by atoms with van der Waals surface area (Å²) in [7, 11) is 0. The molecule has 0 saturated heterocycles. The molecule has 4 nitrogen and oxygen atoms in total. The first kappa shape index (κ1) is 13.8. The number of rotatable bonds is 5. The molecule has 0 bridgehead atoms. The molecule has 0 radical (unpaired) electrons. The van der Waals surface area contributed by atoms with Gasteiger partial charge in [0.05, 0.1) is 6.61 Å². The number of anilines is 1. The van der Waals surface area contributed by atoms with E-state index in [1.54, 1.807) is 30.6 Å². The van der Waals surface area contributed by atoms with Crippen LogP contribution in [0.3, 0.4) is 0 Å². The van der Waals surface area contributed by atoms with Crippen LogP contribution in [0.25, 0.3) is 6.08 Å². The third kappa shape index (κ3) is 4.24. The number of nitrogens with zero attached hydrogens (tertiary/aromatic N) is 1. The van der Waals surface area contributed by atoms with Crippen molar-refractivity contribution in [2.75, 3.05) is 11.9 Å². The molecular weight excluding hydrogens is 252 g/mol. The summed E-state index contributed by atoms with van der Waals surface area (Å²) >= 11 is 0. The SMILES string of the molecule is CCOc1ccc(NC(=O)/C=C/c2cccnc2)cc1. The maximum Gasteiger partial charge on any atom is 0.248 e. The van der Waals surface area contributed by atoms with Crippen molar-refractivity contribution in [3.63, 3.8) is 0 Å². The standard InChI is InChI=1S/C16H16N2O2/c1-2-20-15-8-6-14(7-9-15)18-16(19)10-5-13-4-3-11-17-12-13/h3-12H,2H2,1H3,(H,18,19)/b10-5+. The molecule has 1 heterocycles. The third-order valence-electron chi connectivity index (χ3n) is 2.54. The molecular formula is C16H16N2O2. The number of aromatic nitrogens is 1. The molecule has 0 aliphatic carbocycles. The molecule has 0 atom stereocenters. The number of amides is 1. The van der Waals surface area contributed by atoms with Gasteiger partial charge in [-0.1, -0.05) is 6.07 Å². The molecule has 0 aliphatic rings. The van der Waals surface area contributed by atoms with E-state index < -0.39 is 0 Å². The summed E-state index contributed by atoms with van der Waals surface area (Å²) in [4.78, 5) is 15.7. The van der Waals surface area contributed by atoms with Crippen LogP contribution < -0.4 is 10.1 Å². The molecule has 20 heavy (non-hydrogen) atoms. The van der Waals surface area contributed by atoms with Crippen molar-refractivity contribution in [2.24, 2.45) is 0 Å². The summed E-state index contributed by atoms with van der Waals surface area (Å²) in [6.45, 7) is 2.55. The van der Waals surface area contributed by atoms with Crippen molar-refractivity contribution >= 4 is 17.7 Å². The van der Waals surface area contributed by atoms with Crippen LogP contribution >= 0.6 is 0 Å². The van der Waals surface area contributed by atoms with E-state index in [9.17, 15) is 4.79 Å². The highest BCUT2D eigenvalue weighted by Crippen LogP contribution is 2.15. The minimum atomic E-state index is -0.182. The smallest absolute Gasteiger partial charge is 0.248 e. The van der Waals surface area contributed by atoms with Crippen LogP contribution in [0, 0.1) is 0 Å². The average molecular weight is 268 g/mol. The number of hydrogen-bond donors (Lipinski definition) is 1. The first-order chi connectivity index (χ1) is 9.78. The van der Waals surface area contributed by atoms with E-state index in [0.29, 0.717) is 6.61 Å². The highest BCUT2D eigenvalue weighted by atomic mass is 16.5. The van der Waals surface area contributed by atoms with Gasteiger partial charge in [-0.05, 0) is 48.9 Å². The third-order valence-corrected chi connectivity index (χ3v) is 2.54. The van der Waals surface area contributed by atoms with Gasteiger partial charge in [0.2, 0.25) is 5.91 Å². The van der Waals surface area contributed by atoms with Crippen LogP contribution in [-0.2, 0) is 4.79 Å². The largest absolute Gasteiger partial charge is 0.494 e. The fraction of sp³-hybridized carbons (Fsp3) is 0.125. The van der Waals surface area contributed by atoms with Gasteiger partial charge in [-0.3, -0.25) is 9.78 Å². The van der Waals surface area contributed by atoms with E-state index >= 15 is 0 Å². The van der Waals surface area contributed by atoms with E-state index in [1.165, 1.54) is 6.08 Å². The second-order valence-corrected chi connectivity index (χ2v) is 4.07. The van der Waals surface area contributed by atoms with Gasteiger partial charge in [0.1, 0.15) is 5.75 Å². The maximum absolute atomic E-state index is 11.7. The molecule has 0 saturated carbocycles. The maximum atomic E-state index is 11.7. The Hall–Kier alpha value is -2.62. The van der Waals surface area contributed by atoms with Crippen LogP contribution in [0.4, 0.5) is 5.69 Å². The molecule has 0 spiro atoms. The fourth-order valence-corrected chi connectivity index (χ4v) is 1.63. The lowest BCUT2D eigenvalue weighted by molar-refractivity contribution is -0.111. The highest BCUT2D eigenvalue weighted by Gasteiger charge is 1.98. The first-order valence-corrected chi connectivity index (χ1v) is 6.40. The Morgan fingerprint density at radius 2 is 2.10 bits per heavy atom. The van der Waals surface area contributed by atoms with Crippen LogP contribution in [-0.4, -0.2) is 17.5 Å². The number of ether oxygens (including phenoxy) is 1. The highest BCUT2D eigenvalue weighted by molar-refractivity contribution is 6.01. The second kappa shape index (κ2) is 7.09. The van der Waals surface area contributed by atoms with Gasteiger partial charge < -0.3 is 10.1 Å². The number of carbonyl (C=O) groups is 1. The predicted octanol–water partition coefficient (Wildman–Crippen LogP) is 3.13. The van der Waals surface area contributed by atoms with E-state index in [0.717, 1.165) is 17.0 Å². The van der Waals surface area contributed by atoms with Crippen LogP contribution in [0.15, 0.2) is 54.9 Å². The first-order valence-electron chi connectivity index (χ1n) is 6.40. The Kier molecular flexibility index (Phi) is 4.89. The number of nitrogens with one attached hydrogen (secondary N) is 1. The van der Waals surface area contributed by atoms with Crippen LogP contribution in [0.1, 0.15) is 12.5 Å². The molecule has 1 amide bonds. The normalized spacial score (nSPS) is 10.4. The molecule has 1 aromatic heterocycles. The molecule has 0 aliphatic heterocycles. The van der Waals surface area contributed by atoms with E-state index in [2.05, 4.69) is 10.3 Å². The summed E-state index contributed by atoms with van der Waals surface area (Å²) in [6.07, 6.45) is 6.59. The zero-order valence-electron chi connectivity index (χ0n) is 11.2. The molecule has 4 heteroatoms. The summed E-state index contributed by atoms with van der Waals surface area (Å²) < 4.78 is 5.34. The minimum absolute atomic E-state index is 0.182. The molecule has 0 fully saturated rings. The van der Waals surface area contributed by atoms with E-state index in [4.69, 9.17) is 4.74 Å². The Balaban J connectivity index is 1.92. The molecule has 102 valence electrons. The molecule has 0 unspecified atom stereocenters. The van der Waals surface area contributed by atoms with Gasteiger partial charge in [0.15, 0.2) is 0 Å². The van der Waals surface area contributed by atoms with Gasteiger partial charge >= 0.3 is 0 Å². The molecule has 1 aromatic carbocycles. The van der Waals surface area contributed by atoms with Gasteiger partial charge in [-0.15, -0.1) is 0 Å². The Morgan fingerprint density at radius 3 is 2.75 bits per heavy atom. The Labute approximate surface area is 118 Å². The summed E-state index contributed by atoms with van der Waals surface area (Å²) in [5, 5.41) is 2.78. The molecule has 2 rings (SSSR count). The van der Waals surface area contributed by atoms with Gasteiger partial charge in [-0.25, -0.2) is 0 Å². The number of pyridine rings is 1. The quantitative estimate of drug-likeness (QED) is 0.848. The second-order valence-electron chi connectivity index (χ2n) is 4.07. The van der Waals surface area contributed by atoms with Crippen molar-refractivity contribution in [2.45, 2.75) is 6.92 Å². The fourth-order valence-electron chi connectivity index (χ4n) is 1.63. The summed E-state index contributed by atoms with van der Waals surface area (Å²) in [5.74, 6) is 0.606. The number of hydrogen-bond acceptors (Lipinski definition) is 3. The number of carbonyl (C=O) groups excluding carboxylic acids is 1. The van der Waals surface area contributed by atoms with Crippen molar-refractivity contribution in [3.05, 3.63) is 60.4 Å². The van der Waals surface area contributed by atoms with Crippen molar-refractivity contribution in [1.29, 1.82) is 0 Å². The molecule has 1 N–H and O–H groups in total. The minimum Gasteiger partial charge on any atom is -0.494 e. The van der Waals surface area contributed by atoms with Gasteiger partial charge in [0.25, 0.3) is 0 Å². The zero-order valence-corrected chi connectivity index (χ0v) is 11.2. The van der Waals surface area contributed by atoms with Crippen LogP contribution in [0.2, 0.25) is 0 Å². The van der Waals surface area contributed by atoms with Crippen molar-refractivity contribution in [1.82, 2.24) is 4.98 Å². The van der Waals surface area contributed by atoms with Crippen molar-refractivity contribution < 1.29 is 9.53 Å². The topological polar surface area (TPSA) is 51.2 Å². The van der Waals surface area contributed by atoms with Crippen molar-refractivity contribution in [3.8, 4) is 5.75 Å². The Morgan fingerprint density at radius 1 is 1.30 bits per heavy atom. The van der Waals surface area contributed by atoms with Gasteiger partial charge in [-0.2, -0.15) is 0 Å². The lowest BCUT2D eigenvalue weighted by Gasteiger charge is -2.05. The predicted molar refractivity (Wildman–Crippen MR) is 79.5 cm³/mol. The number of benzene rings is 1. The lowest BCUT2D eigenvalue weighted by atomic mass is 10.2. The molecule has 2 aromatic rings. The monoisotopic (exact) mass is 268 g/mol. The zero-order chi connectivity index (χ0) is 14.2. The van der Waals surface area contributed by atoms with E-state index in [1.807, 2.05) is 31.2 Å². The lowest BCUT2D eigenvalue weighted by Crippen LogP contribution is -2.07. The summed E-state index contributed by atoms with van der Waals surface area (Å²) in [6, 6.07) is 11.0. The van der Waals surface area contributed by atoms with Crippen LogP contribution in [0.5, 0.6) is 5.75 Å². The summed E-state index contributed by atoms with van der Waals surface area (Å²) in [5.41, 5.74) is 1.61. The average Bonchev–Trinajstić information content (AvgIpc) is 2.49. The Bertz CT molecular complexity index is 577.